The lowest BCUT2D eigenvalue weighted by atomic mass is 9.83. The van der Waals surface area contributed by atoms with E-state index in [1.807, 2.05) is 26.0 Å². The van der Waals surface area contributed by atoms with Gasteiger partial charge in [-0.1, -0.05) is 23.7 Å². The predicted molar refractivity (Wildman–Crippen MR) is 90.5 cm³/mol. The molecule has 5 heteroatoms. The summed E-state index contributed by atoms with van der Waals surface area (Å²) in [5.74, 6) is 0.949. The first-order valence-electron chi connectivity index (χ1n) is 7.46. The Balaban J connectivity index is 2.09. The van der Waals surface area contributed by atoms with E-state index in [9.17, 15) is 9.90 Å². The number of halogens is 1. The molecule has 0 saturated heterocycles. The zero-order valence-corrected chi connectivity index (χ0v) is 14.6. The van der Waals surface area contributed by atoms with Gasteiger partial charge in [-0.05, 0) is 57.5 Å². The van der Waals surface area contributed by atoms with Gasteiger partial charge in [-0.15, -0.1) is 0 Å². The maximum Gasteiger partial charge on any atom is 0.230 e. The lowest BCUT2D eigenvalue weighted by Gasteiger charge is -2.27. The number of hydrogen-bond acceptors (Lipinski definition) is 3. The Kier molecular flexibility index (Phi) is 4.87. The molecule has 2 N–H and O–H groups in total. The molecule has 1 aromatic heterocycles. The summed E-state index contributed by atoms with van der Waals surface area (Å²) in [6.45, 7) is 7.11. The summed E-state index contributed by atoms with van der Waals surface area (Å²) in [4.78, 5) is 12.6. The fraction of sp³-hybridized carbons (Fsp3) is 0.389. The van der Waals surface area contributed by atoms with Gasteiger partial charge in [-0.2, -0.15) is 0 Å². The molecule has 0 radical (unpaired) electrons. The van der Waals surface area contributed by atoms with Gasteiger partial charge in [0.25, 0.3) is 0 Å². The van der Waals surface area contributed by atoms with Crippen molar-refractivity contribution >= 4 is 17.5 Å². The second-order valence-corrected chi connectivity index (χ2v) is 6.94. The summed E-state index contributed by atoms with van der Waals surface area (Å²) < 4.78 is 5.45. The zero-order chi connectivity index (χ0) is 17.3. The van der Waals surface area contributed by atoms with Crippen LogP contribution >= 0.6 is 11.6 Å². The standard InChI is InChI=1S/C18H22ClNO3/c1-12-8-9-15(23-12)18(4,22)11-20-16(21)17(2,3)13-6-5-7-14(19)10-13/h5-10,22H,11H2,1-4H3,(H,20,21). The molecule has 2 aromatic rings. The molecular weight excluding hydrogens is 314 g/mol. The second-order valence-electron chi connectivity index (χ2n) is 6.50. The number of benzene rings is 1. The lowest BCUT2D eigenvalue weighted by Crippen LogP contribution is -2.45. The van der Waals surface area contributed by atoms with Gasteiger partial charge in [0.1, 0.15) is 17.1 Å². The number of rotatable bonds is 5. The number of hydrogen-bond donors (Lipinski definition) is 2. The molecule has 1 unspecified atom stereocenters. The summed E-state index contributed by atoms with van der Waals surface area (Å²) in [6.07, 6.45) is 0. The Morgan fingerprint density at radius 1 is 1.26 bits per heavy atom. The van der Waals surface area contributed by atoms with E-state index < -0.39 is 11.0 Å². The quantitative estimate of drug-likeness (QED) is 0.878. The Morgan fingerprint density at radius 3 is 2.52 bits per heavy atom. The maximum absolute atomic E-state index is 12.6. The van der Waals surface area contributed by atoms with E-state index in [4.69, 9.17) is 16.0 Å². The van der Waals surface area contributed by atoms with Crippen LogP contribution in [0.5, 0.6) is 0 Å². The molecule has 4 nitrogen and oxygen atoms in total. The highest BCUT2D eigenvalue weighted by molar-refractivity contribution is 6.30. The van der Waals surface area contributed by atoms with Gasteiger partial charge in [-0.25, -0.2) is 0 Å². The molecule has 23 heavy (non-hydrogen) atoms. The molecule has 1 aromatic carbocycles. The first-order chi connectivity index (χ1) is 10.6. The van der Waals surface area contributed by atoms with Gasteiger partial charge in [0.15, 0.2) is 0 Å². The molecule has 0 aliphatic rings. The number of aliphatic hydroxyl groups is 1. The van der Waals surface area contributed by atoms with Crippen LogP contribution < -0.4 is 5.32 Å². The predicted octanol–water partition coefficient (Wildman–Crippen LogP) is 3.54. The number of carbonyl (C=O) groups is 1. The fourth-order valence-electron chi connectivity index (χ4n) is 2.29. The highest BCUT2D eigenvalue weighted by atomic mass is 35.5. The second kappa shape index (κ2) is 6.38. The van der Waals surface area contributed by atoms with Crippen molar-refractivity contribution in [2.45, 2.75) is 38.7 Å². The number of furan rings is 1. The minimum absolute atomic E-state index is 0.0583. The van der Waals surface area contributed by atoms with Crippen LogP contribution in [0.3, 0.4) is 0 Å². The Labute approximate surface area is 141 Å². The van der Waals surface area contributed by atoms with Crippen LogP contribution in [0.1, 0.15) is 37.9 Å². The van der Waals surface area contributed by atoms with Gasteiger partial charge in [0, 0.05) is 5.02 Å². The third kappa shape index (κ3) is 3.95. The summed E-state index contributed by atoms with van der Waals surface area (Å²) in [6, 6.07) is 10.7. The van der Waals surface area contributed by atoms with E-state index in [0.29, 0.717) is 16.5 Å². The lowest BCUT2D eigenvalue weighted by molar-refractivity contribution is -0.127. The van der Waals surface area contributed by atoms with Crippen molar-refractivity contribution in [2.24, 2.45) is 0 Å². The van der Waals surface area contributed by atoms with E-state index in [-0.39, 0.29) is 12.5 Å². The van der Waals surface area contributed by atoms with Crippen molar-refractivity contribution in [1.29, 1.82) is 0 Å². The number of aryl methyl sites for hydroxylation is 1. The normalized spacial score (nSPS) is 14.3. The third-order valence-electron chi connectivity index (χ3n) is 3.98. The van der Waals surface area contributed by atoms with Crippen LogP contribution in [-0.4, -0.2) is 17.6 Å². The molecule has 0 fully saturated rings. The largest absolute Gasteiger partial charge is 0.463 e. The van der Waals surface area contributed by atoms with Crippen LogP contribution in [0.15, 0.2) is 40.8 Å². The molecule has 0 spiro atoms. The minimum atomic E-state index is -1.27. The summed E-state index contributed by atoms with van der Waals surface area (Å²) in [7, 11) is 0. The molecule has 2 rings (SSSR count). The van der Waals surface area contributed by atoms with Gasteiger partial charge in [0.2, 0.25) is 5.91 Å². The Hall–Kier alpha value is -1.78. The number of amides is 1. The third-order valence-corrected chi connectivity index (χ3v) is 4.21. The topological polar surface area (TPSA) is 62.5 Å². The van der Waals surface area contributed by atoms with E-state index in [1.165, 1.54) is 0 Å². The van der Waals surface area contributed by atoms with E-state index >= 15 is 0 Å². The van der Waals surface area contributed by atoms with Crippen LogP contribution in [0.4, 0.5) is 0 Å². The van der Waals surface area contributed by atoms with E-state index in [0.717, 1.165) is 5.56 Å². The van der Waals surface area contributed by atoms with Crippen molar-refractivity contribution in [3.8, 4) is 0 Å². The first kappa shape index (κ1) is 17.6. The van der Waals surface area contributed by atoms with Gasteiger partial charge in [-0.3, -0.25) is 4.79 Å². The highest BCUT2D eigenvalue weighted by Crippen LogP contribution is 2.27. The zero-order valence-electron chi connectivity index (χ0n) is 13.8. The monoisotopic (exact) mass is 335 g/mol. The molecule has 0 bridgehead atoms. The molecule has 1 heterocycles. The van der Waals surface area contributed by atoms with Gasteiger partial charge < -0.3 is 14.8 Å². The summed E-state index contributed by atoms with van der Waals surface area (Å²) in [5.41, 5.74) is -1.22. The van der Waals surface area contributed by atoms with Crippen LogP contribution in [0, 0.1) is 6.92 Å². The van der Waals surface area contributed by atoms with Gasteiger partial charge in [0.05, 0.1) is 12.0 Å². The SMILES string of the molecule is Cc1ccc(C(C)(O)CNC(=O)C(C)(C)c2cccc(Cl)c2)o1. The van der Waals surface area contributed by atoms with Crippen molar-refractivity contribution in [3.05, 3.63) is 58.5 Å². The van der Waals surface area contributed by atoms with Crippen molar-refractivity contribution in [2.75, 3.05) is 6.54 Å². The van der Waals surface area contributed by atoms with Crippen molar-refractivity contribution in [3.63, 3.8) is 0 Å². The average Bonchev–Trinajstić information content (AvgIpc) is 2.92. The first-order valence-corrected chi connectivity index (χ1v) is 7.84. The smallest absolute Gasteiger partial charge is 0.230 e. The highest BCUT2D eigenvalue weighted by Gasteiger charge is 2.33. The molecule has 1 atom stereocenters. The molecule has 124 valence electrons. The van der Waals surface area contributed by atoms with Crippen LogP contribution in [0.25, 0.3) is 0 Å². The summed E-state index contributed by atoms with van der Waals surface area (Å²) in [5, 5.41) is 13.9. The van der Waals surface area contributed by atoms with E-state index in [2.05, 4.69) is 5.32 Å². The molecule has 0 aliphatic carbocycles. The van der Waals surface area contributed by atoms with Crippen molar-refractivity contribution in [1.82, 2.24) is 5.32 Å². The Bertz CT molecular complexity index is 704. The molecular formula is C18H22ClNO3. The Morgan fingerprint density at radius 2 is 1.96 bits per heavy atom. The minimum Gasteiger partial charge on any atom is -0.463 e. The number of nitrogens with one attached hydrogen (secondary N) is 1. The van der Waals surface area contributed by atoms with Gasteiger partial charge >= 0.3 is 0 Å². The van der Waals surface area contributed by atoms with Crippen LogP contribution in [0.2, 0.25) is 5.02 Å². The average molecular weight is 336 g/mol. The molecule has 0 aliphatic heterocycles. The summed E-state index contributed by atoms with van der Waals surface area (Å²) >= 11 is 6.00. The fourth-order valence-corrected chi connectivity index (χ4v) is 2.48. The van der Waals surface area contributed by atoms with Crippen molar-refractivity contribution < 1.29 is 14.3 Å². The molecule has 0 saturated carbocycles. The van der Waals surface area contributed by atoms with E-state index in [1.54, 1.807) is 38.1 Å². The maximum atomic E-state index is 12.6. The van der Waals surface area contributed by atoms with Crippen LogP contribution in [-0.2, 0) is 15.8 Å². The number of carbonyl (C=O) groups excluding carboxylic acids is 1. The molecule has 1 amide bonds.